The Hall–Kier alpha value is -3.70. The number of hydrogen-bond acceptors (Lipinski definition) is 3. The van der Waals surface area contributed by atoms with Crippen molar-refractivity contribution in [2.45, 2.75) is 25.6 Å². The second-order valence-electron chi connectivity index (χ2n) is 8.62. The highest BCUT2D eigenvalue weighted by molar-refractivity contribution is 6.00. The second-order valence-corrected chi connectivity index (χ2v) is 8.62. The number of aromatic nitrogens is 2. The third-order valence-electron chi connectivity index (χ3n) is 6.10. The van der Waals surface area contributed by atoms with Gasteiger partial charge in [0.25, 0.3) is 5.91 Å². The van der Waals surface area contributed by atoms with Gasteiger partial charge in [0.15, 0.2) is 0 Å². The average Bonchev–Trinajstić information content (AvgIpc) is 3.48. The van der Waals surface area contributed by atoms with E-state index in [1.54, 1.807) is 0 Å². The van der Waals surface area contributed by atoms with Crippen LogP contribution in [-0.4, -0.2) is 39.7 Å². The highest BCUT2D eigenvalue weighted by Gasteiger charge is 2.26. The average molecular weight is 437 g/mol. The standard InChI is InChI=1S/C28H28N4O/c33-28(29-25-16-17-31(20-25)18-22-10-4-1-5-11-22)26-21-32(19-23-12-6-2-7-13-23)30-27(26)24-14-8-3-9-15-24/h1-15,21,25H,16-20H2,(H,29,33)/t25-/m1/s1. The minimum Gasteiger partial charge on any atom is -0.348 e. The Morgan fingerprint density at radius 3 is 2.12 bits per heavy atom. The van der Waals surface area contributed by atoms with Crippen molar-refractivity contribution >= 4 is 5.91 Å². The summed E-state index contributed by atoms with van der Waals surface area (Å²) in [6.45, 7) is 3.39. The number of rotatable bonds is 7. The molecule has 5 nitrogen and oxygen atoms in total. The molecule has 1 atom stereocenters. The first kappa shape index (κ1) is 21.2. The van der Waals surface area contributed by atoms with E-state index in [0.717, 1.165) is 42.9 Å². The second kappa shape index (κ2) is 9.84. The zero-order valence-corrected chi connectivity index (χ0v) is 18.6. The molecule has 0 aliphatic carbocycles. The van der Waals surface area contributed by atoms with Crippen LogP contribution in [0.3, 0.4) is 0 Å². The van der Waals surface area contributed by atoms with Crippen molar-refractivity contribution < 1.29 is 4.79 Å². The molecule has 0 spiro atoms. The van der Waals surface area contributed by atoms with Crippen LogP contribution in [0.4, 0.5) is 0 Å². The molecule has 1 aliphatic rings. The SMILES string of the molecule is O=C(N[C@@H]1CCN(Cc2ccccc2)C1)c1cn(Cc2ccccc2)nc1-c1ccccc1. The molecule has 166 valence electrons. The lowest BCUT2D eigenvalue weighted by Gasteiger charge is -2.16. The van der Waals surface area contributed by atoms with E-state index in [9.17, 15) is 4.79 Å². The Balaban J connectivity index is 1.31. The van der Waals surface area contributed by atoms with Crippen LogP contribution in [0, 0.1) is 0 Å². The summed E-state index contributed by atoms with van der Waals surface area (Å²) in [5.74, 6) is -0.0558. The molecular weight excluding hydrogens is 408 g/mol. The molecule has 0 bridgehead atoms. The first-order valence-electron chi connectivity index (χ1n) is 11.5. The van der Waals surface area contributed by atoms with Gasteiger partial charge in [0.2, 0.25) is 0 Å². The molecule has 0 unspecified atom stereocenters. The van der Waals surface area contributed by atoms with Crippen molar-refractivity contribution in [1.29, 1.82) is 0 Å². The molecule has 2 heterocycles. The van der Waals surface area contributed by atoms with Crippen LogP contribution in [0.5, 0.6) is 0 Å². The number of likely N-dealkylation sites (tertiary alicyclic amines) is 1. The Morgan fingerprint density at radius 2 is 1.45 bits per heavy atom. The van der Waals surface area contributed by atoms with Crippen LogP contribution in [0.1, 0.15) is 27.9 Å². The first-order valence-corrected chi connectivity index (χ1v) is 11.5. The van der Waals surface area contributed by atoms with Crippen molar-refractivity contribution in [3.63, 3.8) is 0 Å². The molecule has 1 saturated heterocycles. The molecule has 5 rings (SSSR count). The predicted octanol–water partition coefficient (Wildman–Crippen LogP) is 4.60. The highest BCUT2D eigenvalue weighted by atomic mass is 16.1. The molecule has 5 heteroatoms. The van der Waals surface area contributed by atoms with E-state index in [4.69, 9.17) is 5.10 Å². The summed E-state index contributed by atoms with van der Waals surface area (Å²) in [6, 6.07) is 30.8. The Labute approximate surface area is 194 Å². The van der Waals surface area contributed by atoms with Crippen LogP contribution in [0.25, 0.3) is 11.3 Å². The van der Waals surface area contributed by atoms with Crippen LogP contribution in [-0.2, 0) is 13.1 Å². The zero-order valence-electron chi connectivity index (χ0n) is 18.6. The smallest absolute Gasteiger partial charge is 0.255 e. The maximum absolute atomic E-state index is 13.3. The number of nitrogens with one attached hydrogen (secondary N) is 1. The molecule has 4 aromatic rings. The monoisotopic (exact) mass is 436 g/mol. The largest absolute Gasteiger partial charge is 0.348 e. The molecule has 33 heavy (non-hydrogen) atoms. The molecule has 3 aromatic carbocycles. The summed E-state index contributed by atoms with van der Waals surface area (Å²) < 4.78 is 1.86. The fraction of sp³-hybridized carbons (Fsp3) is 0.214. The number of nitrogens with zero attached hydrogens (tertiary/aromatic N) is 3. The quantitative estimate of drug-likeness (QED) is 0.461. The molecule has 1 amide bonds. The third-order valence-corrected chi connectivity index (χ3v) is 6.10. The van der Waals surface area contributed by atoms with Gasteiger partial charge in [0, 0.05) is 37.4 Å². The fourth-order valence-corrected chi connectivity index (χ4v) is 4.45. The molecular formula is C28H28N4O. The third kappa shape index (κ3) is 5.21. The lowest BCUT2D eigenvalue weighted by Crippen LogP contribution is -2.37. The summed E-state index contributed by atoms with van der Waals surface area (Å²) in [5.41, 5.74) is 4.75. The van der Waals surface area contributed by atoms with Crippen molar-refractivity contribution in [2.24, 2.45) is 0 Å². The van der Waals surface area contributed by atoms with E-state index in [1.807, 2.05) is 65.5 Å². The molecule has 1 aromatic heterocycles. The van der Waals surface area contributed by atoms with Gasteiger partial charge in [-0.15, -0.1) is 0 Å². The van der Waals surface area contributed by atoms with E-state index in [2.05, 4.69) is 46.6 Å². The Bertz CT molecular complexity index is 1190. The summed E-state index contributed by atoms with van der Waals surface area (Å²) in [7, 11) is 0. The van der Waals surface area contributed by atoms with Crippen LogP contribution < -0.4 is 5.32 Å². The summed E-state index contributed by atoms with van der Waals surface area (Å²) in [5, 5.41) is 8.05. The predicted molar refractivity (Wildman–Crippen MR) is 131 cm³/mol. The van der Waals surface area contributed by atoms with Crippen molar-refractivity contribution in [2.75, 3.05) is 13.1 Å². The normalized spacial score (nSPS) is 16.1. The zero-order chi connectivity index (χ0) is 22.5. The van der Waals surface area contributed by atoms with Crippen molar-refractivity contribution in [3.05, 3.63) is 114 Å². The minimum absolute atomic E-state index is 0.0558. The number of benzene rings is 3. The van der Waals surface area contributed by atoms with Crippen molar-refractivity contribution in [1.82, 2.24) is 20.0 Å². The van der Waals surface area contributed by atoms with E-state index >= 15 is 0 Å². The maximum Gasteiger partial charge on any atom is 0.255 e. The van der Waals surface area contributed by atoms with Gasteiger partial charge in [-0.1, -0.05) is 91.0 Å². The maximum atomic E-state index is 13.3. The molecule has 1 fully saturated rings. The van der Waals surface area contributed by atoms with Crippen LogP contribution in [0.2, 0.25) is 0 Å². The van der Waals surface area contributed by atoms with E-state index in [1.165, 1.54) is 5.56 Å². The van der Waals surface area contributed by atoms with Crippen molar-refractivity contribution in [3.8, 4) is 11.3 Å². The summed E-state index contributed by atoms with van der Waals surface area (Å²) in [6.07, 6.45) is 2.83. The van der Waals surface area contributed by atoms with Crippen LogP contribution >= 0.6 is 0 Å². The topological polar surface area (TPSA) is 50.2 Å². The van der Waals surface area contributed by atoms with E-state index < -0.39 is 0 Å². The highest BCUT2D eigenvalue weighted by Crippen LogP contribution is 2.23. The Morgan fingerprint density at radius 1 is 0.848 bits per heavy atom. The molecule has 1 aliphatic heterocycles. The van der Waals surface area contributed by atoms with Gasteiger partial charge in [-0.3, -0.25) is 14.4 Å². The minimum atomic E-state index is -0.0558. The van der Waals surface area contributed by atoms with Gasteiger partial charge in [0.1, 0.15) is 5.69 Å². The Kier molecular flexibility index (Phi) is 6.31. The van der Waals surface area contributed by atoms with Crippen LogP contribution in [0.15, 0.2) is 97.2 Å². The van der Waals surface area contributed by atoms with E-state index in [0.29, 0.717) is 12.1 Å². The van der Waals surface area contributed by atoms with E-state index in [-0.39, 0.29) is 11.9 Å². The number of hydrogen-bond donors (Lipinski definition) is 1. The van der Waals surface area contributed by atoms with Gasteiger partial charge in [-0.2, -0.15) is 5.10 Å². The van der Waals surface area contributed by atoms with Gasteiger partial charge in [-0.05, 0) is 17.5 Å². The number of amides is 1. The number of carbonyl (C=O) groups excluding carboxylic acids is 1. The van der Waals surface area contributed by atoms with Gasteiger partial charge < -0.3 is 5.32 Å². The van der Waals surface area contributed by atoms with Gasteiger partial charge >= 0.3 is 0 Å². The van der Waals surface area contributed by atoms with Gasteiger partial charge in [-0.25, -0.2) is 0 Å². The summed E-state index contributed by atoms with van der Waals surface area (Å²) in [4.78, 5) is 15.7. The lowest BCUT2D eigenvalue weighted by atomic mass is 10.1. The molecule has 1 N–H and O–H groups in total. The fourth-order valence-electron chi connectivity index (χ4n) is 4.45. The van der Waals surface area contributed by atoms with Gasteiger partial charge in [0.05, 0.1) is 12.1 Å². The molecule has 0 radical (unpaired) electrons. The summed E-state index contributed by atoms with van der Waals surface area (Å²) >= 11 is 0. The molecule has 0 saturated carbocycles. The number of carbonyl (C=O) groups is 1. The first-order chi connectivity index (χ1) is 16.2. The lowest BCUT2D eigenvalue weighted by molar-refractivity contribution is 0.0938.